The molecule has 128 valence electrons. The summed E-state index contributed by atoms with van der Waals surface area (Å²) >= 11 is 0. The topological polar surface area (TPSA) is 61.8 Å². The van der Waals surface area contributed by atoms with E-state index in [0.717, 1.165) is 5.56 Å². The number of carbonyl (C=O) groups excluding carboxylic acids is 1. The Morgan fingerprint density at radius 1 is 1.25 bits per heavy atom. The number of halogens is 1. The lowest BCUT2D eigenvalue weighted by Gasteiger charge is -2.18. The van der Waals surface area contributed by atoms with Gasteiger partial charge in [0.15, 0.2) is 11.6 Å². The molecule has 0 aliphatic heterocycles. The standard InChI is InChI=1S/C18H21FN2O3/c1-21(12-14-6-7-17(24-2)16(19)11-14)18(23)20-9-8-13-4-3-5-15(22)10-13/h3-7,10-11,22H,8-9,12H2,1-2H3,(H,20,23). The molecule has 2 aromatic rings. The van der Waals surface area contributed by atoms with Crippen LogP contribution < -0.4 is 10.1 Å². The third-order valence-electron chi connectivity index (χ3n) is 3.58. The molecular weight excluding hydrogens is 311 g/mol. The van der Waals surface area contributed by atoms with E-state index in [0.29, 0.717) is 25.1 Å². The number of phenols is 1. The van der Waals surface area contributed by atoms with Gasteiger partial charge in [-0.1, -0.05) is 18.2 Å². The molecule has 0 radical (unpaired) electrons. The molecule has 0 aliphatic rings. The average Bonchev–Trinajstić information content (AvgIpc) is 2.55. The number of methoxy groups -OCH3 is 1. The van der Waals surface area contributed by atoms with Crippen molar-refractivity contribution in [1.82, 2.24) is 10.2 Å². The Morgan fingerprint density at radius 3 is 2.71 bits per heavy atom. The molecule has 2 aromatic carbocycles. The Morgan fingerprint density at radius 2 is 2.04 bits per heavy atom. The quantitative estimate of drug-likeness (QED) is 0.855. The minimum Gasteiger partial charge on any atom is -0.508 e. The molecule has 0 aromatic heterocycles. The summed E-state index contributed by atoms with van der Waals surface area (Å²) in [5, 5.41) is 12.2. The van der Waals surface area contributed by atoms with Gasteiger partial charge in [-0.2, -0.15) is 0 Å². The summed E-state index contributed by atoms with van der Waals surface area (Å²) in [6, 6.07) is 11.3. The minimum atomic E-state index is -0.451. The van der Waals surface area contributed by atoms with Crippen molar-refractivity contribution in [1.29, 1.82) is 0 Å². The second kappa shape index (κ2) is 8.19. The van der Waals surface area contributed by atoms with Gasteiger partial charge in [0.1, 0.15) is 5.75 Å². The zero-order valence-electron chi connectivity index (χ0n) is 13.8. The number of hydrogen-bond donors (Lipinski definition) is 2. The molecule has 0 saturated heterocycles. The predicted molar refractivity (Wildman–Crippen MR) is 89.6 cm³/mol. The average molecular weight is 332 g/mol. The summed E-state index contributed by atoms with van der Waals surface area (Å²) in [4.78, 5) is 13.5. The second-order valence-corrected chi connectivity index (χ2v) is 5.48. The summed E-state index contributed by atoms with van der Waals surface area (Å²) < 4.78 is 18.5. The number of urea groups is 1. The van der Waals surface area contributed by atoms with E-state index >= 15 is 0 Å². The van der Waals surface area contributed by atoms with Crippen molar-refractivity contribution in [3.8, 4) is 11.5 Å². The molecule has 0 bridgehead atoms. The third kappa shape index (κ3) is 4.87. The van der Waals surface area contributed by atoms with Gasteiger partial charge < -0.3 is 20.1 Å². The van der Waals surface area contributed by atoms with Crippen LogP contribution in [0.5, 0.6) is 11.5 Å². The predicted octanol–water partition coefficient (Wildman–Crippen LogP) is 2.92. The van der Waals surface area contributed by atoms with Crippen LogP contribution in [0.3, 0.4) is 0 Å². The number of carbonyl (C=O) groups is 1. The Balaban J connectivity index is 1.82. The van der Waals surface area contributed by atoms with E-state index in [1.165, 1.54) is 24.1 Å². The third-order valence-corrected chi connectivity index (χ3v) is 3.58. The highest BCUT2D eigenvalue weighted by atomic mass is 19.1. The first-order chi connectivity index (χ1) is 11.5. The zero-order valence-corrected chi connectivity index (χ0v) is 13.8. The maximum Gasteiger partial charge on any atom is 0.317 e. The van der Waals surface area contributed by atoms with Crippen LogP contribution in [0.15, 0.2) is 42.5 Å². The summed E-state index contributed by atoms with van der Waals surface area (Å²) in [5.41, 5.74) is 1.62. The van der Waals surface area contributed by atoms with Crippen LogP contribution in [0.1, 0.15) is 11.1 Å². The molecule has 5 nitrogen and oxygen atoms in total. The number of ether oxygens (including phenoxy) is 1. The van der Waals surface area contributed by atoms with Gasteiger partial charge in [-0.25, -0.2) is 9.18 Å². The Labute approximate surface area is 140 Å². The van der Waals surface area contributed by atoms with Crippen LogP contribution in [0.25, 0.3) is 0 Å². The number of hydrogen-bond acceptors (Lipinski definition) is 3. The number of benzene rings is 2. The first-order valence-corrected chi connectivity index (χ1v) is 7.59. The number of nitrogens with zero attached hydrogens (tertiary/aromatic N) is 1. The van der Waals surface area contributed by atoms with Gasteiger partial charge in [0.2, 0.25) is 0 Å². The van der Waals surface area contributed by atoms with E-state index in [2.05, 4.69) is 5.32 Å². The number of amides is 2. The lowest BCUT2D eigenvalue weighted by molar-refractivity contribution is 0.207. The van der Waals surface area contributed by atoms with Crippen molar-refractivity contribution < 1.29 is 19.0 Å². The van der Waals surface area contributed by atoms with Gasteiger partial charge in [-0.3, -0.25) is 0 Å². The molecule has 0 saturated carbocycles. The smallest absolute Gasteiger partial charge is 0.317 e. The molecule has 0 heterocycles. The number of nitrogens with one attached hydrogen (secondary N) is 1. The van der Waals surface area contributed by atoms with Gasteiger partial charge in [-0.15, -0.1) is 0 Å². The van der Waals surface area contributed by atoms with Crippen LogP contribution in [0, 0.1) is 5.82 Å². The molecule has 0 unspecified atom stereocenters. The van der Waals surface area contributed by atoms with E-state index in [1.54, 1.807) is 31.3 Å². The number of phenolic OH excluding ortho intramolecular Hbond substituents is 1. The monoisotopic (exact) mass is 332 g/mol. The van der Waals surface area contributed by atoms with Crippen molar-refractivity contribution in [2.75, 3.05) is 20.7 Å². The molecule has 0 atom stereocenters. The zero-order chi connectivity index (χ0) is 17.5. The van der Waals surface area contributed by atoms with Gasteiger partial charge in [0.25, 0.3) is 0 Å². The number of rotatable bonds is 6. The summed E-state index contributed by atoms with van der Waals surface area (Å²) in [6.45, 7) is 0.739. The molecule has 0 fully saturated rings. The van der Waals surface area contributed by atoms with Crippen molar-refractivity contribution >= 4 is 6.03 Å². The molecule has 2 N–H and O–H groups in total. The Bertz CT molecular complexity index is 706. The van der Waals surface area contributed by atoms with Crippen molar-refractivity contribution in [3.63, 3.8) is 0 Å². The first-order valence-electron chi connectivity index (χ1n) is 7.59. The fourth-order valence-corrected chi connectivity index (χ4v) is 2.31. The van der Waals surface area contributed by atoms with E-state index in [9.17, 15) is 14.3 Å². The fourth-order valence-electron chi connectivity index (χ4n) is 2.31. The summed E-state index contributed by atoms with van der Waals surface area (Å²) in [7, 11) is 3.05. The van der Waals surface area contributed by atoms with Crippen molar-refractivity contribution in [2.45, 2.75) is 13.0 Å². The summed E-state index contributed by atoms with van der Waals surface area (Å²) in [6.07, 6.45) is 0.616. The fraction of sp³-hybridized carbons (Fsp3) is 0.278. The first kappa shape index (κ1) is 17.6. The Kier molecular flexibility index (Phi) is 6.01. The van der Waals surface area contributed by atoms with E-state index in [-0.39, 0.29) is 17.5 Å². The van der Waals surface area contributed by atoms with Gasteiger partial charge in [0, 0.05) is 20.1 Å². The highest BCUT2D eigenvalue weighted by Gasteiger charge is 2.10. The lowest BCUT2D eigenvalue weighted by atomic mass is 10.1. The van der Waals surface area contributed by atoms with Crippen molar-refractivity contribution in [2.24, 2.45) is 0 Å². The second-order valence-electron chi connectivity index (χ2n) is 5.48. The minimum absolute atomic E-state index is 0.178. The SMILES string of the molecule is COc1ccc(CN(C)C(=O)NCCc2cccc(O)c2)cc1F. The molecule has 6 heteroatoms. The van der Waals surface area contributed by atoms with Gasteiger partial charge in [0.05, 0.1) is 7.11 Å². The molecular formula is C18H21FN2O3. The van der Waals surface area contributed by atoms with Crippen LogP contribution in [0.2, 0.25) is 0 Å². The van der Waals surface area contributed by atoms with Gasteiger partial charge >= 0.3 is 6.03 Å². The largest absolute Gasteiger partial charge is 0.508 e. The van der Waals surface area contributed by atoms with Crippen LogP contribution in [-0.2, 0) is 13.0 Å². The van der Waals surface area contributed by atoms with Crippen molar-refractivity contribution in [3.05, 3.63) is 59.4 Å². The van der Waals surface area contributed by atoms with E-state index in [4.69, 9.17) is 4.74 Å². The van der Waals surface area contributed by atoms with E-state index in [1.807, 2.05) is 6.07 Å². The summed E-state index contributed by atoms with van der Waals surface area (Å²) in [5.74, 6) is -0.0675. The van der Waals surface area contributed by atoms with Crippen LogP contribution >= 0.6 is 0 Å². The Hall–Kier alpha value is -2.76. The molecule has 0 aliphatic carbocycles. The normalized spacial score (nSPS) is 10.3. The highest BCUT2D eigenvalue weighted by Crippen LogP contribution is 2.18. The molecule has 24 heavy (non-hydrogen) atoms. The molecule has 0 spiro atoms. The molecule has 2 amide bonds. The number of aromatic hydroxyl groups is 1. The lowest BCUT2D eigenvalue weighted by Crippen LogP contribution is -2.37. The maximum atomic E-state index is 13.7. The van der Waals surface area contributed by atoms with E-state index < -0.39 is 5.82 Å². The van der Waals surface area contributed by atoms with Gasteiger partial charge in [-0.05, 0) is 41.8 Å². The van der Waals surface area contributed by atoms with Crippen LogP contribution in [-0.4, -0.2) is 36.7 Å². The maximum absolute atomic E-state index is 13.7. The molecule has 2 rings (SSSR count). The van der Waals surface area contributed by atoms with Crippen LogP contribution in [0.4, 0.5) is 9.18 Å². The highest BCUT2D eigenvalue weighted by molar-refractivity contribution is 5.73.